The van der Waals surface area contributed by atoms with Crippen LogP contribution in [0.25, 0.3) is 0 Å². The van der Waals surface area contributed by atoms with Crippen LogP contribution in [0.2, 0.25) is 0 Å². The van der Waals surface area contributed by atoms with Gasteiger partial charge in [-0.3, -0.25) is 0 Å². The van der Waals surface area contributed by atoms with E-state index in [0.29, 0.717) is 6.07 Å². The number of alkyl halides is 6. The van der Waals surface area contributed by atoms with Gasteiger partial charge in [-0.15, -0.1) is 11.6 Å². The van der Waals surface area contributed by atoms with E-state index < -0.39 is 27.4 Å². The van der Waals surface area contributed by atoms with Gasteiger partial charge in [-0.2, -0.15) is 13.2 Å². The van der Waals surface area contributed by atoms with Crippen molar-refractivity contribution in [3.63, 3.8) is 0 Å². The average molecular weight is 371 g/mol. The lowest BCUT2D eigenvalue weighted by molar-refractivity contribution is -0.138. The van der Waals surface area contributed by atoms with Crippen molar-refractivity contribution < 1.29 is 22.0 Å². The maximum Gasteiger partial charge on any atom is 0.417 e. The zero-order chi connectivity index (χ0) is 12.5. The molecule has 1 heterocycles. The Bertz CT molecular complexity index is 393. The average Bonchev–Trinajstić information content (AvgIpc) is 2.15. The van der Waals surface area contributed by atoms with Crippen molar-refractivity contribution in [3.05, 3.63) is 26.6 Å². The van der Waals surface area contributed by atoms with Crippen molar-refractivity contribution in [3.8, 4) is 0 Å². The summed E-state index contributed by atoms with van der Waals surface area (Å²) < 4.78 is 61.7. The lowest BCUT2D eigenvalue weighted by Crippen LogP contribution is -2.12. The lowest BCUT2D eigenvalue weighted by Gasteiger charge is -2.13. The van der Waals surface area contributed by atoms with Crippen LogP contribution < -0.4 is 0 Å². The summed E-state index contributed by atoms with van der Waals surface area (Å²) in [5, 5.41) is 0. The van der Waals surface area contributed by atoms with Crippen LogP contribution in [0.3, 0.4) is 0 Å². The maximum atomic E-state index is 12.5. The van der Waals surface area contributed by atoms with Gasteiger partial charge in [0.1, 0.15) is 5.69 Å². The Morgan fingerprint density at radius 1 is 1.38 bits per heavy atom. The van der Waals surface area contributed by atoms with Crippen molar-refractivity contribution in [1.82, 2.24) is 4.98 Å². The number of nitrogens with zero attached hydrogens (tertiary/aromatic N) is 1. The normalized spacial score (nSPS) is 12.2. The summed E-state index contributed by atoms with van der Waals surface area (Å²) in [6.45, 7) is 0. The number of hydrogen-bond donors (Lipinski definition) is 0. The zero-order valence-corrected chi connectivity index (χ0v) is 10.4. The van der Waals surface area contributed by atoms with Crippen molar-refractivity contribution >= 4 is 34.2 Å². The van der Waals surface area contributed by atoms with Crippen LogP contribution in [0.5, 0.6) is 0 Å². The standard InChI is InChI=1S/C8H4ClF5IN/c9-2-3-1-4(8(12,13)14)5(15)6(16-3)7(10)11/h1,7H,2H2. The molecule has 1 aromatic rings. The molecular formula is C8H4ClF5IN. The van der Waals surface area contributed by atoms with Gasteiger partial charge in [0.05, 0.1) is 20.7 Å². The highest BCUT2D eigenvalue weighted by Gasteiger charge is 2.36. The van der Waals surface area contributed by atoms with Gasteiger partial charge in [-0.05, 0) is 28.7 Å². The van der Waals surface area contributed by atoms with Gasteiger partial charge >= 0.3 is 6.18 Å². The Hall–Kier alpha value is -0.180. The summed E-state index contributed by atoms with van der Waals surface area (Å²) in [6.07, 6.45) is -7.75. The molecular weight excluding hydrogens is 367 g/mol. The van der Waals surface area contributed by atoms with E-state index in [1.165, 1.54) is 22.6 Å². The fourth-order valence-electron chi connectivity index (χ4n) is 1.02. The molecule has 0 unspecified atom stereocenters. The van der Waals surface area contributed by atoms with Gasteiger partial charge in [0.25, 0.3) is 6.43 Å². The van der Waals surface area contributed by atoms with E-state index in [9.17, 15) is 22.0 Å². The summed E-state index contributed by atoms with van der Waals surface area (Å²) in [4.78, 5) is 3.38. The molecule has 0 aliphatic heterocycles. The van der Waals surface area contributed by atoms with Crippen molar-refractivity contribution in [2.45, 2.75) is 18.5 Å². The van der Waals surface area contributed by atoms with E-state index in [0.717, 1.165) is 0 Å². The highest BCUT2D eigenvalue weighted by atomic mass is 127. The van der Waals surface area contributed by atoms with Gasteiger partial charge in [0.15, 0.2) is 0 Å². The SMILES string of the molecule is FC(F)c1nc(CCl)cc(C(F)(F)F)c1I. The molecule has 90 valence electrons. The highest BCUT2D eigenvalue weighted by molar-refractivity contribution is 14.1. The topological polar surface area (TPSA) is 12.9 Å². The lowest BCUT2D eigenvalue weighted by atomic mass is 10.2. The molecule has 0 atom stereocenters. The minimum atomic E-state index is -4.69. The van der Waals surface area contributed by atoms with Crippen LogP contribution in [0.15, 0.2) is 6.07 Å². The Kier molecular flexibility index (Phi) is 4.33. The predicted octanol–water partition coefficient (Wildman–Crippen LogP) is 4.38. The molecule has 16 heavy (non-hydrogen) atoms. The van der Waals surface area contributed by atoms with E-state index in [-0.39, 0.29) is 11.6 Å². The fourth-order valence-corrected chi connectivity index (χ4v) is 1.98. The third-order valence-corrected chi connectivity index (χ3v) is 3.09. The van der Waals surface area contributed by atoms with Crippen LogP contribution in [0.1, 0.15) is 23.4 Å². The number of aromatic nitrogens is 1. The van der Waals surface area contributed by atoms with E-state index in [4.69, 9.17) is 11.6 Å². The van der Waals surface area contributed by atoms with Crippen LogP contribution in [-0.2, 0) is 12.1 Å². The molecule has 0 aromatic carbocycles. The Labute approximate surface area is 106 Å². The summed E-state index contributed by atoms with van der Waals surface area (Å²) in [7, 11) is 0. The number of hydrogen-bond acceptors (Lipinski definition) is 1. The Balaban J connectivity index is 3.44. The highest BCUT2D eigenvalue weighted by Crippen LogP contribution is 2.36. The molecule has 0 saturated heterocycles. The molecule has 8 heteroatoms. The number of rotatable bonds is 2. The zero-order valence-electron chi connectivity index (χ0n) is 7.45. The number of pyridine rings is 1. The second-order valence-corrected chi connectivity index (χ2v) is 4.14. The first-order valence-corrected chi connectivity index (χ1v) is 5.49. The first kappa shape index (κ1) is 13.9. The molecule has 0 aliphatic rings. The van der Waals surface area contributed by atoms with E-state index >= 15 is 0 Å². The van der Waals surface area contributed by atoms with Crippen LogP contribution in [0.4, 0.5) is 22.0 Å². The maximum absolute atomic E-state index is 12.5. The molecule has 0 saturated carbocycles. The minimum Gasteiger partial charge on any atom is -0.249 e. The van der Waals surface area contributed by atoms with Gasteiger partial charge in [-0.25, -0.2) is 13.8 Å². The largest absolute Gasteiger partial charge is 0.417 e. The molecule has 0 radical (unpaired) electrons. The van der Waals surface area contributed by atoms with Gasteiger partial charge in [-0.1, -0.05) is 0 Å². The van der Waals surface area contributed by atoms with E-state index in [1.807, 2.05) is 0 Å². The Morgan fingerprint density at radius 2 is 1.94 bits per heavy atom. The monoisotopic (exact) mass is 371 g/mol. The minimum absolute atomic E-state index is 0.218. The fraction of sp³-hybridized carbons (Fsp3) is 0.375. The molecule has 0 amide bonds. The van der Waals surface area contributed by atoms with Gasteiger partial charge in [0.2, 0.25) is 0 Å². The predicted molar refractivity (Wildman–Crippen MR) is 56.5 cm³/mol. The molecule has 0 spiro atoms. The van der Waals surface area contributed by atoms with Gasteiger partial charge < -0.3 is 0 Å². The first-order chi connectivity index (χ1) is 7.27. The Morgan fingerprint density at radius 3 is 2.31 bits per heavy atom. The third-order valence-electron chi connectivity index (χ3n) is 1.69. The van der Waals surface area contributed by atoms with Crippen LogP contribution in [0, 0.1) is 3.57 Å². The second kappa shape index (κ2) is 4.99. The number of halogens is 7. The molecule has 1 nitrogen and oxygen atoms in total. The molecule has 0 N–H and O–H groups in total. The summed E-state index contributed by atoms with van der Waals surface area (Å²) in [6, 6.07) is 0.681. The summed E-state index contributed by atoms with van der Waals surface area (Å²) in [5.74, 6) is -0.348. The smallest absolute Gasteiger partial charge is 0.249 e. The summed E-state index contributed by atoms with van der Waals surface area (Å²) in [5.41, 5.74) is -2.23. The second-order valence-electron chi connectivity index (χ2n) is 2.79. The summed E-state index contributed by atoms with van der Waals surface area (Å²) >= 11 is 6.51. The van der Waals surface area contributed by atoms with E-state index in [2.05, 4.69) is 4.98 Å². The van der Waals surface area contributed by atoms with Crippen LogP contribution >= 0.6 is 34.2 Å². The first-order valence-electron chi connectivity index (χ1n) is 3.88. The third kappa shape index (κ3) is 2.93. The van der Waals surface area contributed by atoms with Crippen molar-refractivity contribution in [2.24, 2.45) is 0 Å². The van der Waals surface area contributed by atoms with Crippen molar-refractivity contribution in [2.75, 3.05) is 0 Å². The quantitative estimate of drug-likeness (QED) is 0.427. The van der Waals surface area contributed by atoms with E-state index in [1.54, 1.807) is 0 Å². The van der Waals surface area contributed by atoms with Crippen molar-refractivity contribution in [1.29, 1.82) is 0 Å². The molecule has 0 aliphatic carbocycles. The molecule has 1 aromatic heterocycles. The molecule has 0 fully saturated rings. The molecule has 1 rings (SSSR count). The van der Waals surface area contributed by atoms with Crippen LogP contribution in [-0.4, -0.2) is 4.98 Å². The van der Waals surface area contributed by atoms with Gasteiger partial charge in [0, 0.05) is 0 Å². The molecule has 0 bridgehead atoms.